The third-order valence-electron chi connectivity index (χ3n) is 2.73. The molecule has 96 valence electrons. The Morgan fingerprint density at radius 1 is 1.29 bits per heavy atom. The van der Waals surface area contributed by atoms with Crippen LogP contribution in [0.5, 0.6) is 0 Å². The second-order valence-electron chi connectivity index (χ2n) is 4.27. The Morgan fingerprint density at radius 3 is 2.35 bits per heavy atom. The average Bonchev–Trinajstić information content (AvgIpc) is 2.32. The maximum Gasteiger partial charge on any atom is 0.282 e. The summed E-state index contributed by atoms with van der Waals surface area (Å²) in [5, 5.41) is 11.3. The van der Waals surface area contributed by atoms with Gasteiger partial charge in [-0.05, 0) is 18.9 Å². The molecule has 17 heavy (non-hydrogen) atoms. The molecule has 0 heterocycles. The minimum atomic E-state index is -3.06. The van der Waals surface area contributed by atoms with Gasteiger partial charge >= 0.3 is 0 Å². The van der Waals surface area contributed by atoms with E-state index in [0.29, 0.717) is 0 Å². The van der Waals surface area contributed by atoms with Crippen molar-refractivity contribution in [2.45, 2.75) is 32.2 Å². The van der Waals surface area contributed by atoms with Gasteiger partial charge in [-0.1, -0.05) is 36.8 Å². The van der Waals surface area contributed by atoms with Crippen LogP contribution in [0.3, 0.4) is 0 Å². The highest BCUT2D eigenvalue weighted by atomic mass is 19.3. The van der Waals surface area contributed by atoms with Gasteiger partial charge in [-0.3, -0.25) is 0 Å². The maximum absolute atomic E-state index is 12.9. The Kier molecular flexibility index (Phi) is 5.02. The van der Waals surface area contributed by atoms with Gasteiger partial charge in [0.15, 0.2) is 0 Å². The van der Waals surface area contributed by atoms with E-state index in [-0.39, 0.29) is 6.04 Å². The van der Waals surface area contributed by atoms with E-state index in [0.717, 1.165) is 17.5 Å². The number of nitrogens with one attached hydrogen (secondary N) is 1. The Labute approximate surface area is 101 Å². The quantitative estimate of drug-likeness (QED) is 0.805. The van der Waals surface area contributed by atoms with Crippen LogP contribution in [-0.4, -0.2) is 24.2 Å². The van der Waals surface area contributed by atoms with Crippen LogP contribution in [0.2, 0.25) is 0 Å². The smallest absolute Gasteiger partial charge is 0.282 e. The summed E-state index contributed by atoms with van der Waals surface area (Å²) >= 11 is 0. The fraction of sp³-hybridized carbons (Fsp3) is 0.538. The van der Waals surface area contributed by atoms with E-state index in [2.05, 4.69) is 5.32 Å². The topological polar surface area (TPSA) is 32.3 Å². The van der Waals surface area contributed by atoms with E-state index in [4.69, 9.17) is 5.11 Å². The molecule has 0 spiro atoms. The summed E-state index contributed by atoms with van der Waals surface area (Å²) in [6, 6.07) is 7.70. The highest BCUT2D eigenvalue weighted by Crippen LogP contribution is 2.19. The molecule has 0 aliphatic carbocycles. The van der Waals surface area contributed by atoms with E-state index in [9.17, 15) is 8.78 Å². The molecule has 1 aromatic carbocycles. The molecule has 0 fully saturated rings. The first kappa shape index (κ1) is 14.1. The summed E-state index contributed by atoms with van der Waals surface area (Å²) in [6.45, 7) is 2.30. The molecule has 0 amide bonds. The second-order valence-corrected chi connectivity index (χ2v) is 4.27. The Bertz CT molecular complexity index is 338. The Balaban J connectivity index is 2.63. The van der Waals surface area contributed by atoms with E-state index >= 15 is 0 Å². The number of halogens is 2. The van der Waals surface area contributed by atoms with Gasteiger partial charge in [-0.15, -0.1) is 0 Å². The average molecular weight is 243 g/mol. The predicted molar refractivity (Wildman–Crippen MR) is 64.2 cm³/mol. The molecule has 0 bridgehead atoms. The molecule has 2 nitrogen and oxygen atoms in total. The number of hydrogen-bond donors (Lipinski definition) is 2. The monoisotopic (exact) mass is 243 g/mol. The summed E-state index contributed by atoms with van der Waals surface area (Å²) in [4.78, 5) is 0. The van der Waals surface area contributed by atoms with Crippen LogP contribution in [-0.2, 0) is 0 Å². The molecular formula is C13H19F2NO. The van der Waals surface area contributed by atoms with Crippen molar-refractivity contribution in [3.8, 4) is 0 Å². The van der Waals surface area contributed by atoms with Gasteiger partial charge in [0.2, 0.25) is 0 Å². The standard InChI is InChI=1S/C13H19F2NO/c1-3-12(16-8-13(14,15)9-17)11-6-4-10(2)5-7-11/h4-7,12,16-17H,3,8-9H2,1-2H3. The zero-order valence-corrected chi connectivity index (χ0v) is 10.2. The first-order valence-corrected chi connectivity index (χ1v) is 5.77. The highest BCUT2D eigenvalue weighted by Gasteiger charge is 2.28. The molecule has 1 unspecified atom stereocenters. The molecule has 0 saturated carbocycles. The normalized spacial score (nSPS) is 13.7. The first-order chi connectivity index (χ1) is 7.98. The molecule has 0 saturated heterocycles. The highest BCUT2D eigenvalue weighted by molar-refractivity contribution is 5.24. The summed E-state index contributed by atoms with van der Waals surface area (Å²) < 4.78 is 25.8. The van der Waals surface area contributed by atoms with Gasteiger partial charge in [0.1, 0.15) is 6.61 Å². The maximum atomic E-state index is 12.9. The van der Waals surface area contributed by atoms with Crippen molar-refractivity contribution in [2.24, 2.45) is 0 Å². The molecule has 0 aliphatic rings. The third kappa shape index (κ3) is 4.40. The number of aliphatic hydroxyl groups is 1. The first-order valence-electron chi connectivity index (χ1n) is 5.77. The van der Waals surface area contributed by atoms with Crippen molar-refractivity contribution in [1.82, 2.24) is 5.32 Å². The second kappa shape index (κ2) is 6.07. The van der Waals surface area contributed by atoms with Crippen molar-refractivity contribution in [1.29, 1.82) is 0 Å². The summed E-state index contributed by atoms with van der Waals surface area (Å²) in [5.41, 5.74) is 2.14. The van der Waals surface area contributed by atoms with Crippen molar-refractivity contribution in [3.05, 3.63) is 35.4 Å². The fourth-order valence-electron chi connectivity index (χ4n) is 1.63. The molecule has 0 aromatic heterocycles. The molecule has 4 heteroatoms. The lowest BCUT2D eigenvalue weighted by Gasteiger charge is -2.21. The van der Waals surface area contributed by atoms with Crippen LogP contribution in [0, 0.1) is 6.92 Å². The van der Waals surface area contributed by atoms with Crippen molar-refractivity contribution >= 4 is 0 Å². The largest absolute Gasteiger partial charge is 0.390 e. The van der Waals surface area contributed by atoms with Gasteiger partial charge in [0.05, 0.1) is 6.54 Å². The fourth-order valence-corrected chi connectivity index (χ4v) is 1.63. The number of rotatable bonds is 6. The van der Waals surface area contributed by atoms with Crippen LogP contribution >= 0.6 is 0 Å². The Hall–Kier alpha value is -1.00. The van der Waals surface area contributed by atoms with Crippen LogP contribution in [0.15, 0.2) is 24.3 Å². The minimum absolute atomic E-state index is 0.104. The van der Waals surface area contributed by atoms with Crippen molar-refractivity contribution in [2.75, 3.05) is 13.2 Å². The van der Waals surface area contributed by atoms with E-state index < -0.39 is 19.1 Å². The van der Waals surface area contributed by atoms with Crippen LogP contribution < -0.4 is 5.32 Å². The minimum Gasteiger partial charge on any atom is -0.390 e. The molecule has 0 radical (unpaired) electrons. The predicted octanol–water partition coefficient (Wildman–Crippen LogP) is 2.66. The lowest BCUT2D eigenvalue weighted by atomic mass is 10.0. The molecule has 1 aromatic rings. The van der Waals surface area contributed by atoms with Gasteiger partial charge in [-0.25, -0.2) is 8.78 Å². The lowest BCUT2D eigenvalue weighted by Crippen LogP contribution is -2.37. The molecular weight excluding hydrogens is 224 g/mol. The number of aryl methyl sites for hydroxylation is 1. The molecule has 2 N–H and O–H groups in total. The summed E-state index contributed by atoms with van der Waals surface area (Å²) in [5.74, 6) is -3.06. The zero-order chi connectivity index (χ0) is 12.9. The van der Waals surface area contributed by atoms with Gasteiger partial charge in [0.25, 0.3) is 5.92 Å². The van der Waals surface area contributed by atoms with E-state index in [1.165, 1.54) is 0 Å². The number of aliphatic hydroxyl groups excluding tert-OH is 1. The van der Waals surface area contributed by atoms with Crippen molar-refractivity contribution < 1.29 is 13.9 Å². The summed E-state index contributed by atoms with van der Waals surface area (Å²) in [7, 11) is 0. The van der Waals surface area contributed by atoms with Gasteiger partial charge < -0.3 is 10.4 Å². The van der Waals surface area contributed by atoms with Crippen molar-refractivity contribution in [3.63, 3.8) is 0 Å². The Morgan fingerprint density at radius 2 is 1.88 bits per heavy atom. The molecule has 0 aliphatic heterocycles. The van der Waals surface area contributed by atoms with Crippen LogP contribution in [0.4, 0.5) is 8.78 Å². The van der Waals surface area contributed by atoms with E-state index in [1.54, 1.807) is 0 Å². The molecule has 1 atom stereocenters. The molecule has 1 rings (SSSR count). The van der Waals surface area contributed by atoms with Gasteiger partial charge in [-0.2, -0.15) is 0 Å². The zero-order valence-electron chi connectivity index (χ0n) is 10.2. The van der Waals surface area contributed by atoms with E-state index in [1.807, 2.05) is 38.1 Å². The number of alkyl halides is 2. The van der Waals surface area contributed by atoms with Crippen LogP contribution in [0.25, 0.3) is 0 Å². The number of hydrogen-bond acceptors (Lipinski definition) is 2. The third-order valence-corrected chi connectivity index (χ3v) is 2.73. The lowest BCUT2D eigenvalue weighted by molar-refractivity contribution is -0.0494. The summed E-state index contributed by atoms with van der Waals surface area (Å²) in [6.07, 6.45) is 0.727. The van der Waals surface area contributed by atoms with Crippen LogP contribution in [0.1, 0.15) is 30.5 Å². The van der Waals surface area contributed by atoms with Gasteiger partial charge in [0, 0.05) is 6.04 Å². The number of benzene rings is 1. The SMILES string of the molecule is CCC(NCC(F)(F)CO)c1ccc(C)cc1.